The van der Waals surface area contributed by atoms with Gasteiger partial charge in [-0.3, -0.25) is 0 Å². The lowest BCUT2D eigenvalue weighted by molar-refractivity contribution is 0.192. The number of carbonyl (C=O) groups is 1. The second-order valence-electron chi connectivity index (χ2n) is 2.43. The number of nitrogens with zero attached hydrogens (tertiary/aromatic N) is 2. The maximum Gasteiger partial charge on any atom is 0.432 e. The zero-order valence-corrected chi connectivity index (χ0v) is 5.74. The third kappa shape index (κ3) is 0.894. The standard InChI is InChI=1S/C6H7N3O2/c10-6(11)9-3-4-1-7-2-5(4)8-9/h3,7H,1-2H2,(H,10,11). The van der Waals surface area contributed by atoms with Crippen molar-refractivity contribution in [1.29, 1.82) is 0 Å². The Bertz CT molecular complexity index is 283. The second-order valence-corrected chi connectivity index (χ2v) is 2.43. The number of carboxylic acid groups (broad SMARTS) is 1. The van der Waals surface area contributed by atoms with Crippen LogP contribution in [-0.4, -0.2) is 21.0 Å². The molecule has 5 heteroatoms. The Hall–Kier alpha value is -1.36. The highest BCUT2D eigenvalue weighted by Crippen LogP contribution is 2.11. The van der Waals surface area contributed by atoms with Gasteiger partial charge in [0, 0.05) is 24.8 Å². The van der Waals surface area contributed by atoms with E-state index in [0.717, 1.165) is 22.5 Å². The summed E-state index contributed by atoms with van der Waals surface area (Å²) in [5.74, 6) is 0. The van der Waals surface area contributed by atoms with Gasteiger partial charge in [0.2, 0.25) is 0 Å². The minimum Gasteiger partial charge on any atom is -0.463 e. The Morgan fingerprint density at radius 1 is 1.73 bits per heavy atom. The van der Waals surface area contributed by atoms with Gasteiger partial charge >= 0.3 is 6.09 Å². The van der Waals surface area contributed by atoms with Gasteiger partial charge in [-0.05, 0) is 0 Å². The van der Waals surface area contributed by atoms with Gasteiger partial charge in [-0.15, -0.1) is 0 Å². The number of hydrogen-bond donors (Lipinski definition) is 2. The molecule has 0 spiro atoms. The van der Waals surface area contributed by atoms with Crippen molar-refractivity contribution in [3.05, 3.63) is 17.5 Å². The summed E-state index contributed by atoms with van der Waals surface area (Å²) in [4.78, 5) is 10.4. The van der Waals surface area contributed by atoms with Gasteiger partial charge in [-0.2, -0.15) is 9.78 Å². The van der Waals surface area contributed by atoms with Crippen molar-refractivity contribution >= 4 is 6.09 Å². The molecule has 0 saturated carbocycles. The molecule has 5 nitrogen and oxygen atoms in total. The van der Waals surface area contributed by atoms with Crippen molar-refractivity contribution in [3.63, 3.8) is 0 Å². The average molecular weight is 153 g/mol. The van der Waals surface area contributed by atoms with Crippen LogP contribution >= 0.6 is 0 Å². The van der Waals surface area contributed by atoms with E-state index in [-0.39, 0.29) is 0 Å². The molecule has 2 heterocycles. The van der Waals surface area contributed by atoms with E-state index in [2.05, 4.69) is 10.4 Å². The quantitative estimate of drug-likeness (QED) is 0.551. The van der Waals surface area contributed by atoms with E-state index in [9.17, 15) is 4.79 Å². The van der Waals surface area contributed by atoms with Gasteiger partial charge in [0.05, 0.1) is 5.69 Å². The number of nitrogens with one attached hydrogen (secondary N) is 1. The molecule has 0 amide bonds. The highest BCUT2D eigenvalue weighted by Gasteiger charge is 2.16. The van der Waals surface area contributed by atoms with Gasteiger partial charge in [-0.1, -0.05) is 0 Å². The molecule has 2 N–H and O–H groups in total. The molecule has 11 heavy (non-hydrogen) atoms. The Morgan fingerprint density at radius 2 is 2.55 bits per heavy atom. The Balaban J connectivity index is 2.42. The first-order chi connectivity index (χ1) is 5.27. The Labute approximate surface area is 62.6 Å². The summed E-state index contributed by atoms with van der Waals surface area (Å²) in [6.45, 7) is 1.40. The van der Waals surface area contributed by atoms with Crippen LogP contribution in [0.2, 0.25) is 0 Å². The van der Waals surface area contributed by atoms with Crippen molar-refractivity contribution in [1.82, 2.24) is 15.1 Å². The zero-order valence-electron chi connectivity index (χ0n) is 5.74. The SMILES string of the molecule is O=C(O)n1cc2c(n1)CNC2. The van der Waals surface area contributed by atoms with Crippen molar-refractivity contribution in [3.8, 4) is 0 Å². The number of rotatable bonds is 0. The molecule has 0 bridgehead atoms. The summed E-state index contributed by atoms with van der Waals surface area (Å²) in [7, 11) is 0. The molecule has 1 aliphatic rings. The lowest BCUT2D eigenvalue weighted by atomic mass is 10.3. The van der Waals surface area contributed by atoms with Crippen LogP contribution < -0.4 is 5.32 Å². The van der Waals surface area contributed by atoms with E-state index < -0.39 is 6.09 Å². The molecule has 1 aromatic rings. The minimum absolute atomic E-state index is 0.676. The maximum absolute atomic E-state index is 10.4. The van der Waals surface area contributed by atoms with E-state index >= 15 is 0 Å². The van der Waals surface area contributed by atoms with Crippen molar-refractivity contribution in [2.24, 2.45) is 0 Å². The molecule has 0 radical (unpaired) electrons. The van der Waals surface area contributed by atoms with E-state index in [0.29, 0.717) is 6.54 Å². The fourth-order valence-corrected chi connectivity index (χ4v) is 1.16. The molecular weight excluding hydrogens is 146 g/mol. The molecular formula is C6H7N3O2. The molecule has 1 aromatic heterocycles. The van der Waals surface area contributed by atoms with Crippen LogP contribution in [0.15, 0.2) is 6.20 Å². The van der Waals surface area contributed by atoms with Gasteiger partial charge in [-0.25, -0.2) is 4.79 Å². The van der Waals surface area contributed by atoms with Crippen LogP contribution in [0.5, 0.6) is 0 Å². The van der Waals surface area contributed by atoms with Gasteiger partial charge in [0.1, 0.15) is 0 Å². The van der Waals surface area contributed by atoms with E-state index in [1.807, 2.05) is 0 Å². The monoisotopic (exact) mass is 153 g/mol. The van der Waals surface area contributed by atoms with Gasteiger partial charge in [0.25, 0.3) is 0 Å². The highest BCUT2D eigenvalue weighted by molar-refractivity contribution is 5.67. The topological polar surface area (TPSA) is 67.1 Å². The van der Waals surface area contributed by atoms with Crippen LogP contribution in [0, 0.1) is 0 Å². The molecule has 0 unspecified atom stereocenters. The Morgan fingerprint density at radius 3 is 3.18 bits per heavy atom. The van der Waals surface area contributed by atoms with Crippen LogP contribution in [0.4, 0.5) is 4.79 Å². The smallest absolute Gasteiger partial charge is 0.432 e. The fraction of sp³-hybridized carbons (Fsp3) is 0.333. The van der Waals surface area contributed by atoms with Crippen molar-refractivity contribution in [2.45, 2.75) is 13.1 Å². The first kappa shape index (κ1) is 6.36. The molecule has 0 aromatic carbocycles. The van der Waals surface area contributed by atoms with Crippen LogP contribution in [0.1, 0.15) is 11.3 Å². The van der Waals surface area contributed by atoms with Crippen molar-refractivity contribution in [2.75, 3.05) is 0 Å². The van der Waals surface area contributed by atoms with Crippen LogP contribution in [0.3, 0.4) is 0 Å². The lowest BCUT2D eigenvalue weighted by Crippen LogP contribution is -2.11. The molecule has 0 aliphatic carbocycles. The van der Waals surface area contributed by atoms with Crippen LogP contribution in [-0.2, 0) is 13.1 Å². The van der Waals surface area contributed by atoms with E-state index in [4.69, 9.17) is 5.11 Å². The molecule has 0 atom stereocenters. The largest absolute Gasteiger partial charge is 0.463 e. The van der Waals surface area contributed by atoms with E-state index in [1.54, 1.807) is 0 Å². The summed E-state index contributed by atoms with van der Waals surface area (Å²) < 4.78 is 0.950. The predicted molar refractivity (Wildman–Crippen MR) is 36.2 cm³/mol. The summed E-state index contributed by atoms with van der Waals surface area (Å²) in [5, 5.41) is 15.4. The summed E-state index contributed by atoms with van der Waals surface area (Å²) in [5.41, 5.74) is 1.82. The first-order valence-electron chi connectivity index (χ1n) is 3.29. The lowest BCUT2D eigenvalue weighted by Gasteiger charge is -1.91. The van der Waals surface area contributed by atoms with Gasteiger partial charge in [0.15, 0.2) is 0 Å². The summed E-state index contributed by atoms with van der Waals surface area (Å²) in [6, 6.07) is 0. The van der Waals surface area contributed by atoms with E-state index in [1.165, 1.54) is 6.20 Å². The predicted octanol–water partition coefficient (Wildman–Crippen LogP) is 0.0124. The number of fused-ring (bicyclic) bond motifs is 1. The zero-order chi connectivity index (χ0) is 7.84. The third-order valence-electron chi connectivity index (χ3n) is 1.68. The summed E-state index contributed by atoms with van der Waals surface area (Å²) in [6.07, 6.45) is 0.511. The normalized spacial score (nSPS) is 14.9. The molecule has 0 fully saturated rings. The Kier molecular flexibility index (Phi) is 1.19. The van der Waals surface area contributed by atoms with Crippen LogP contribution in [0.25, 0.3) is 0 Å². The number of hydrogen-bond acceptors (Lipinski definition) is 3. The molecule has 2 rings (SSSR count). The van der Waals surface area contributed by atoms with Crippen molar-refractivity contribution < 1.29 is 9.90 Å². The average Bonchev–Trinajstić information content (AvgIpc) is 2.40. The number of aromatic nitrogens is 2. The minimum atomic E-state index is -1.03. The second kappa shape index (κ2) is 2.06. The maximum atomic E-state index is 10.4. The molecule has 1 aliphatic heterocycles. The first-order valence-corrected chi connectivity index (χ1v) is 3.29. The molecule has 58 valence electrons. The molecule has 0 saturated heterocycles. The fourth-order valence-electron chi connectivity index (χ4n) is 1.16. The highest BCUT2D eigenvalue weighted by atomic mass is 16.4. The summed E-state index contributed by atoms with van der Waals surface area (Å²) >= 11 is 0. The van der Waals surface area contributed by atoms with Gasteiger partial charge < -0.3 is 10.4 Å². The third-order valence-corrected chi connectivity index (χ3v) is 1.68.